The Morgan fingerprint density at radius 1 is 1.19 bits per heavy atom. The summed E-state index contributed by atoms with van der Waals surface area (Å²) in [5.74, 6) is 2.72. The highest BCUT2D eigenvalue weighted by Gasteiger charge is 1.98. The summed E-state index contributed by atoms with van der Waals surface area (Å²) < 4.78 is 10.5. The third-order valence-electron chi connectivity index (χ3n) is 2.03. The van der Waals surface area contributed by atoms with E-state index >= 15 is 0 Å². The van der Waals surface area contributed by atoms with Crippen LogP contribution in [0.2, 0.25) is 0 Å². The van der Waals surface area contributed by atoms with Crippen molar-refractivity contribution >= 4 is 17.5 Å². The molecule has 1 rings (SSSR count). The lowest BCUT2D eigenvalue weighted by Gasteiger charge is -2.08. The Morgan fingerprint density at radius 2 is 1.88 bits per heavy atom. The van der Waals surface area contributed by atoms with Crippen molar-refractivity contribution in [2.75, 3.05) is 31.8 Å². The van der Waals surface area contributed by atoms with Crippen LogP contribution in [0.4, 0.5) is 0 Å². The fraction of sp³-hybridized carbons (Fsp3) is 0.385. The topological polar surface area (TPSA) is 18.5 Å². The molecule has 0 spiro atoms. The average Bonchev–Trinajstić information content (AvgIpc) is 2.34. The fourth-order valence-electron chi connectivity index (χ4n) is 1.18. The molecule has 0 radical (unpaired) electrons. The Labute approximate surface area is 102 Å². The zero-order chi connectivity index (χ0) is 11.6. The molecule has 0 amide bonds. The lowest BCUT2D eigenvalue weighted by molar-refractivity contribution is 0.218. The van der Waals surface area contributed by atoms with Crippen LogP contribution in [0.3, 0.4) is 0 Å². The summed E-state index contributed by atoms with van der Waals surface area (Å²) in [7, 11) is 1.72. The zero-order valence-corrected chi connectivity index (χ0v) is 10.5. The highest BCUT2D eigenvalue weighted by atomic mass is 32.2. The average molecular weight is 238 g/mol. The predicted octanol–water partition coefficient (Wildman–Crippen LogP) is 3.05. The molecule has 0 unspecified atom stereocenters. The summed E-state index contributed by atoms with van der Waals surface area (Å²) >= 11 is 1.82. The van der Waals surface area contributed by atoms with E-state index in [-0.39, 0.29) is 0 Å². The molecule has 0 atom stereocenters. The first-order chi connectivity index (χ1) is 7.84. The molecule has 0 heterocycles. The Hall–Kier alpha value is -0.930. The molecular formula is C13H18O2S. The minimum Gasteiger partial charge on any atom is -0.493 e. The number of benzene rings is 1. The molecule has 0 aliphatic heterocycles. The highest BCUT2D eigenvalue weighted by molar-refractivity contribution is 7.99. The molecule has 0 saturated heterocycles. The molecule has 0 bridgehead atoms. The van der Waals surface area contributed by atoms with Gasteiger partial charge in [0.15, 0.2) is 0 Å². The van der Waals surface area contributed by atoms with Crippen molar-refractivity contribution in [3.05, 3.63) is 42.5 Å². The second kappa shape index (κ2) is 8.25. The van der Waals surface area contributed by atoms with E-state index < -0.39 is 0 Å². The summed E-state index contributed by atoms with van der Waals surface area (Å²) in [6, 6.07) is 9.95. The third-order valence-corrected chi connectivity index (χ3v) is 2.94. The Kier molecular flexibility index (Phi) is 6.77. The summed E-state index contributed by atoms with van der Waals surface area (Å²) in [5.41, 5.74) is 1.05. The van der Waals surface area contributed by atoms with Crippen LogP contribution in [0.5, 0.6) is 0 Å². The quantitative estimate of drug-likeness (QED) is 0.512. The van der Waals surface area contributed by atoms with Gasteiger partial charge in [0.1, 0.15) is 5.76 Å². The minimum atomic E-state index is 0.697. The standard InChI is InChI=1S/C13H18O2S/c1-12(13-6-4-3-5-7-13)15-9-11-16-10-8-14-2/h3-7H,1,8-11H2,2H3. The second-order valence-electron chi connectivity index (χ2n) is 3.24. The van der Waals surface area contributed by atoms with Crippen LogP contribution in [-0.2, 0) is 9.47 Å². The molecule has 0 aliphatic rings. The van der Waals surface area contributed by atoms with Crippen molar-refractivity contribution < 1.29 is 9.47 Å². The lowest BCUT2D eigenvalue weighted by Crippen LogP contribution is -1.99. The Balaban J connectivity index is 2.12. The van der Waals surface area contributed by atoms with E-state index in [1.165, 1.54) is 0 Å². The van der Waals surface area contributed by atoms with Crippen LogP contribution in [0.25, 0.3) is 5.76 Å². The van der Waals surface area contributed by atoms with Gasteiger partial charge in [0, 0.05) is 24.2 Å². The van der Waals surface area contributed by atoms with Crippen molar-refractivity contribution in [1.29, 1.82) is 0 Å². The molecule has 0 saturated carbocycles. The van der Waals surface area contributed by atoms with Gasteiger partial charge < -0.3 is 9.47 Å². The number of rotatable bonds is 8. The van der Waals surface area contributed by atoms with E-state index in [1.54, 1.807) is 7.11 Å². The predicted molar refractivity (Wildman–Crippen MR) is 70.6 cm³/mol. The highest BCUT2D eigenvalue weighted by Crippen LogP contribution is 2.13. The first-order valence-corrected chi connectivity index (χ1v) is 6.44. The molecular weight excluding hydrogens is 220 g/mol. The number of methoxy groups -OCH3 is 1. The van der Waals surface area contributed by atoms with Gasteiger partial charge in [-0.05, 0) is 0 Å². The van der Waals surface area contributed by atoms with E-state index in [0.29, 0.717) is 6.61 Å². The van der Waals surface area contributed by atoms with E-state index in [2.05, 4.69) is 6.58 Å². The summed E-state index contributed by atoms with van der Waals surface area (Å²) in [4.78, 5) is 0. The van der Waals surface area contributed by atoms with Gasteiger partial charge in [0.2, 0.25) is 0 Å². The maximum absolute atomic E-state index is 5.55. The molecule has 0 aliphatic carbocycles. The Bertz CT molecular complexity index is 298. The van der Waals surface area contributed by atoms with Crippen molar-refractivity contribution in [1.82, 2.24) is 0 Å². The fourth-order valence-corrected chi connectivity index (χ4v) is 1.87. The van der Waals surface area contributed by atoms with E-state index in [9.17, 15) is 0 Å². The summed E-state index contributed by atoms with van der Waals surface area (Å²) in [5, 5.41) is 0. The van der Waals surface area contributed by atoms with Gasteiger partial charge in [-0.2, -0.15) is 11.8 Å². The largest absolute Gasteiger partial charge is 0.493 e. The minimum absolute atomic E-state index is 0.697. The van der Waals surface area contributed by atoms with Crippen LogP contribution in [-0.4, -0.2) is 31.8 Å². The van der Waals surface area contributed by atoms with E-state index in [1.807, 2.05) is 42.1 Å². The van der Waals surface area contributed by atoms with Gasteiger partial charge >= 0.3 is 0 Å². The van der Waals surface area contributed by atoms with Crippen molar-refractivity contribution in [2.45, 2.75) is 0 Å². The zero-order valence-electron chi connectivity index (χ0n) is 9.65. The molecule has 1 aromatic carbocycles. The van der Waals surface area contributed by atoms with Gasteiger partial charge in [-0.1, -0.05) is 36.9 Å². The number of hydrogen-bond acceptors (Lipinski definition) is 3. The molecule has 3 heteroatoms. The van der Waals surface area contributed by atoms with Crippen molar-refractivity contribution in [3.8, 4) is 0 Å². The third kappa shape index (κ3) is 5.24. The van der Waals surface area contributed by atoms with Gasteiger partial charge in [0.25, 0.3) is 0 Å². The summed E-state index contributed by atoms with van der Waals surface area (Å²) in [6.45, 7) is 5.40. The van der Waals surface area contributed by atoms with E-state index in [4.69, 9.17) is 9.47 Å². The van der Waals surface area contributed by atoms with Crippen LogP contribution in [0.15, 0.2) is 36.9 Å². The number of ether oxygens (including phenoxy) is 2. The van der Waals surface area contributed by atoms with Crippen molar-refractivity contribution in [3.63, 3.8) is 0 Å². The van der Waals surface area contributed by atoms with Crippen molar-refractivity contribution in [2.24, 2.45) is 0 Å². The molecule has 88 valence electrons. The molecule has 1 aromatic rings. The van der Waals surface area contributed by atoms with Gasteiger partial charge in [-0.3, -0.25) is 0 Å². The summed E-state index contributed by atoms with van der Waals surface area (Å²) in [6.07, 6.45) is 0. The SMILES string of the molecule is C=C(OCCSCCOC)c1ccccc1. The molecule has 16 heavy (non-hydrogen) atoms. The van der Waals surface area contributed by atoms with Crippen LogP contribution >= 0.6 is 11.8 Å². The monoisotopic (exact) mass is 238 g/mol. The number of thioether (sulfide) groups is 1. The van der Waals surface area contributed by atoms with Gasteiger partial charge in [-0.15, -0.1) is 0 Å². The maximum Gasteiger partial charge on any atom is 0.119 e. The second-order valence-corrected chi connectivity index (χ2v) is 4.47. The first-order valence-electron chi connectivity index (χ1n) is 5.28. The molecule has 2 nitrogen and oxygen atoms in total. The normalized spacial score (nSPS) is 10.1. The van der Waals surface area contributed by atoms with Crippen LogP contribution in [0, 0.1) is 0 Å². The Morgan fingerprint density at radius 3 is 2.56 bits per heavy atom. The van der Waals surface area contributed by atoms with Gasteiger partial charge in [0.05, 0.1) is 13.2 Å². The molecule has 0 N–H and O–H groups in total. The number of hydrogen-bond donors (Lipinski definition) is 0. The lowest BCUT2D eigenvalue weighted by atomic mass is 10.2. The van der Waals surface area contributed by atoms with Crippen LogP contribution in [0.1, 0.15) is 5.56 Å². The van der Waals surface area contributed by atoms with Crippen LogP contribution < -0.4 is 0 Å². The molecule has 0 fully saturated rings. The van der Waals surface area contributed by atoms with Gasteiger partial charge in [-0.25, -0.2) is 0 Å². The first kappa shape index (κ1) is 13.1. The maximum atomic E-state index is 5.55. The smallest absolute Gasteiger partial charge is 0.119 e. The van der Waals surface area contributed by atoms with E-state index in [0.717, 1.165) is 29.4 Å². The molecule has 0 aromatic heterocycles.